The second-order valence-corrected chi connectivity index (χ2v) is 8.69. The number of fused-ring (bicyclic) bond motifs is 1. The predicted molar refractivity (Wildman–Crippen MR) is 109 cm³/mol. The smallest absolute Gasteiger partial charge is 0.115 e. The molecule has 144 valence electrons. The zero-order valence-corrected chi connectivity index (χ0v) is 16.5. The summed E-state index contributed by atoms with van der Waals surface area (Å²) < 4.78 is 6.09. The van der Waals surface area contributed by atoms with Gasteiger partial charge in [0.25, 0.3) is 0 Å². The molecule has 0 spiro atoms. The zero-order chi connectivity index (χ0) is 18.9. The number of methoxy groups -OCH3 is 1. The molecule has 1 aliphatic carbocycles. The van der Waals surface area contributed by atoms with E-state index in [9.17, 15) is 5.11 Å². The lowest BCUT2D eigenvalue weighted by molar-refractivity contribution is -0.0131. The van der Waals surface area contributed by atoms with Gasteiger partial charge in [0.2, 0.25) is 0 Å². The molecule has 1 saturated carbocycles. The van der Waals surface area contributed by atoms with Crippen LogP contribution in [0.4, 0.5) is 0 Å². The van der Waals surface area contributed by atoms with E-state index in [4.69, 9.17) is 4.74 Å². The van der Waals surface area contributed by atoms with Crippen LogP contribution in [0.1, 0.15) is 36.8 Å². The molecule has 4 rings (SSSR count). The number of hydrogen-bond acceptors (Lipinski definition) is 3. The van der Waals surface area contributed by atoms with Gasteiger partial charge in [0, 0.05) is 33.2 Å². The molecule has 4 atom stereocenters. The highest BCUT2D eigenvalue weighted by molar-refractivity contribution is 5.28. The average Bonchev–Trinajstić information content (AvgIpc) is 3.18. The fraction of sp³-hybridized carbons (Fsp3) is 0.500. The molecule has 2 aliphatic rings. The highest BCUT2D eigenvalue weighted by Gasteiger charge is 2.49. The highest BCUT2D eigenvalue weighted by Crippen LogP contribution is 2.47. The molecule has 1 saturated heterocycles. The van der Waals surface area contributed by atoms with Crippen molar-refractivity contribution in [3.05, 3.63) is 65.7 Å². The third kappa shape index (κ3) is 4.04. The van der Waals surface area contributed by atoms with Crippen molar-refractivity contribution < 1.29 is 9.84 Å². The van der Waals surface area contributed by atoms with E-state index in [1.165, 1.54) is 37.1 Å². The summed E-state index contributed by atoms with van der Waals surface area (Å²) in [7, 11) is 1.90. The molecule has 3 heteroatoms. The first-order chi connectivity index (χ1) is 13.1. The third-order valence-electron chi connectivity index (χ3n) is 6.72. The Labute approximate surface area is 163 Å². The number of benzene rings is 2. The zero-order valence-electron chi connectivity index (χ0n) is 16.5. The van der Waals surface area contributed by atoms with Gasteiger partial charge in [0.05, 0.1) is 5.60 Å². The number of rotatable bonds is 6. The maximum absolute atomic E-state index is 9.49. The molecule has 27 heavy (non-hydrogen) atoms. The highest BCUT2D eigenvalue weighted by atomic mass is 16.5. The van der Waals surface area contributed by atoms with Crippen molar-refractivity contribution in [3.63, 3.8) is 0 Å². The Kier molecular flexibility index (Phi) is 5.25. The van der Waals surface area contributed by atoms with Gasteiger partial charge in [0.15, 0.2) is 0 Å². The van der Waals surface area contributed by atoms with Gasteiger partial charge >= 0.3 is 0 Å². The minimum Gasteiger partial charge on any atom is -0.508 e. The molecular weight excluding hydrogens is 334 g/mol. The quantitative estimate of drug-likeness (QED) is 0.820. The molecular formula is C24H31NO2. The minimum atomic E-state index is 0.0192. The summed E-state index contributed by atoms with van der Waals surface area (Å²) in [5.74, 6) is 2.33. The van der Waals surface area contributed by atoms with E-state index in [0.717, 1.165) is 24.8 Å². The lowest BCUT2D eigenvalue weighted by Gasteiger charge is -2.31. The Bertz CT molecular complexity index is 729. The molecule has 2 aromatic rings. The van der Waals surface area contributed by atoms with Gasteiger partial charge < -0.3 is 14.7 Å². The summed E-state index contributed by atoms with van der Waals surface area (Å²) in [5, 5.41) is 9.49. The second-order valence-electron chi connectivity index (χ2n) is 8.69. The molecule has 1 unspecified atom stereocenters. The van der Waals surface area contributed by atoms with Crippen molar-refractivity contribution in [1.82, 2.24) is 4.90 Å². The van der Waals surface area contributed by atoms with E-state index < -0.39 is 0 Å². The van der Waals surface area contributed by atoms with Crippen molar-refractivity contribution in [2.24, 2.45) is 11.8 Å². The van der Waals surface area contributed by atoms with Crippen LogP contribution in [0, 0.1) is 11.8 Å². The molecule has 2 aromatic carbocycles. The van der Waals surface area contributed by atoms with Gasteiger partial charge in [-0.2, -0.15) is 0 Å². The minimum absolute atomic E-state index is 0.0192. The van der Waals surface area contributed by atoms with E-state index in [0.29, 0.717) is 11.7 Å². The topological polar surface area (TPSA) is 32.7 Å². The van der Waals surface area contributed by atoms with Crippen LogP contribution in [-0.4, -0.2) is 42.4 Å². The maximum atomic E-state index is 9.49. The number of likely N-dealkylation sites (tertiary alicyclic amines) is 1. The van der Waals surface area contributed by atoms with Crippen molar-refractivity contribution in [3.8, 4) is 5.75 Å². The van der Waals surface area contributed by atoms with Crippen LogP contribution in [0.25, 0.3) is 0 Å². The summed E-state index contributed by atoms with van der Waals surface area (Å²) in [6, 6.07) is 18.5. The molecule has 0 bridgehead atoms. The van der Waals surface area contributed by atoms with Crippen LogP contribution in [0.2, 0.25) is 0 Å². The van der Waals surface area contributed by atoms with Crippen LogP contribution >= 0.6 is 0 Å². The molecule has 2 fully saturated rings. The third-order valence-corrected chi connectivity index (χ3v) is 6.72. The first kappa shape index (κ1) is 18.5. The van der Waals surface area contributed by atoms with E-state index in [-0.39, 0.29) is 5.60 Å². The Morgan fingerprint density at radius 3 is 2.26 bits per heavy atom. The summed E-state index contributed by atoms with van der Waals surface area (Å²) >= 11 is 0. The summed E-state index contributed by atoms with van der Waals surface area (Å²) in [5.41, 5.74) is 2.71. The van der Waals surface area contributed by atoms with Crippen molar-refractivity contribution in [2.75, 3.05) is 26.7 Å². The van der Waals surface area contributed by atoms with Crippen molar-refractivity contribution in [1.29, 1.82) is 0 Å². The van der Waals surface area contributed by atoms with Gasteiger partial charge in [-0.15, -0.1) is 0 Å². The van der Waals surface area contributed by atoms with Crippen LogP contribution in [0.5, 0.6) is 5.75 Å². The van der Waals surface area contributed by atoms with Crippen LogP contribution in [0.15, 0.2) is 54.6 Å². The monoisotopic (exact) mass is 365 g/mol. The summed E-state index contributed by atoms with van der Waals surface area (Å²) in [4.78, 5) is 2.63. The van der Waals surface area contributed by atoms with Gasteiger partial charge in [-0.05, 0) is 53.9 Å². The number of phenols is 1. The number of aromatic hydroxyl groups is 1. The van der Waals surface area contributed by atoms with Gasteiger partial charge in [-0.1, -0.05) is 49.4 Å². The average molecular weight is 366 g/mol. The normalized spacial score (nSPS) is 29.0. The molecule has 1 aliphatic heterocycles. The first-order valence-corrected chi connectivity index (χ1v) is 10.2. The Morgan fingerprint density at radius 2 is 1.67 bits per heavy atom. The molecule has 0 amide bonds. The largest absolute Gasteiger partial charge is 0.508 e. The van der Waals surface area contributed by atoms with E-state index in [1.54, 1.807) is 12.1 Å². The van der Waals surface area contributed by atoms with Gasteiger partial charge in [-0.25, -0.2) is 0 Å². The Morgan fingerprint density at radius 1 is 1.04 bits per heavy atom. The molecule has 1 N–H and O–H groups in total. The fourth-order valence-electron chi connectivity index (χ4n) is 5.33. The maximum Gasteiger partial charge on any atom is 0.115 e. The lowest BCUT2D eigenvalue weighted by Crippen LogP contribution is -2.35. The lowest BCUT2D eigenvalue weighted by atomic mass is 9.91. The predicted octanol–water partition coefficient (Wildman–Crippen LogP) is 4.47. The van der Waals surface area contributed by atoms with E-state index >= 15 is 0 Å². The SMILES string of the molecule is CO[C@@]1(Cc2ccccc2)C[C@H]2CN(CC(C)c3ccc(O)cc3)C[C@H]2C1. The fourth-order valence-corrected chi connectivity index (χ4v) is 5.33. The number of nitrogens with zero attached hydrogens (tertiary/aromatic N) is 1. The molecule has 0 aromatic heterocycles. The second kappa shape index (κ2) is 7.65. The van der Waals surface area contributed by atoms with E-state index in [2.05, 4.69) is 42.2 Å². The van der Waals surface area contributed by atoms with Crippen LogP contribution < -0.4 is 0 Å². The van der Waals surface area contributed by atoms with Gasteiger partial charge in [-0.3, -0.25) is 0 Å². The standard InChI is InChI=1S/C24H31NO2/c1-18(20-8-10-23(26)11-9-20)15-25-16-21-13-24(27-2,14-22(21)17-25)12-19-6-4-3-5-7-19/h3-11,18,21-22,26H,12-17H2,1-2H3/t18?,21-,22+,24-. The Hall–Kier alpha value is -1.84. The number of hydrogen-bond donors (Lipinski definition) is 1. The van der Waals surface area contributed by atoms with Crippen molar-refractivity contribution in [2.45, 2.75) is 37.7 Å². The Balaban J connectivity index is 1.35. The molecule has 0 radical (unpaired) electrons. The summed E-state index contributed by atoms with van der Waals surface area (Å²) in [6.07, 6.45) is 3.38. The van der Waals surface area contributed by atoms with Crippen LogP contribution in [-0.2, 0) is 11.2 Å². The van der Waals surface area contributed by atoms with Crippen LogP contribution in [0.3, 0.4) is 0 Å². The summed E-state index contributed by atoms with van der Waals surface area (Å²) in [6.45, 7) is 5.76. The molecule has 3 nitrogen and oxygen atoms in total. The number of ether oxygens (including phenoxy) is 1. The van der Waals surface area contributed by atoms with Crippen molar-refractivity contribution >= 4 is 0 Å². The molecule has 1 heterocycles. The first-order valence-electron chi connectivity index (χ1n) is 10.2. The van der Waals surface area contributed by atoms with E-state index in [1.807, 2.05) is 19.2 Å². The number of phenolic OH excluding ortho intramolecular Hbond substituents is 1. The van der Waals surface area contributed by atoms with Gasteiger partial charge in [0.1, 0.15) is 5.75 Å².